The second-order valence-electron chi connectivity index (χ2n) is 13.1. The molecule has 0 spiro atoms. The zero-order valence-electron chi connectivity index (χ0n) is 32.5. The third kappa shape index (κ3) is 34.0. The molecule has 0 fully saturated rings. The van der Waals surface area contributed by atoms with Gasteiger partial charge in [-0.1, -0.05) is 120 Å². The maximum atomic E-state index is 12.9. The second-order valence-corrected chi connectivity index (χ2v) is 15.6. The molecule has 0 aromatic rings. The molecule has 6 N–H and O–H groups in total. The number of phosphoric acid groups is 1. The highest BCUT2D eigenvalue weighted by Crippen LogP contribution is 2.36. The first-order valence-electron chi connectivity index (χ1n) is 19.5. The standard InChI is InChI=1S/C40H68NO11PS/c1-3-5-7-9-11-13-15-17-18-20-22-24-28-37(36(42)27-26-29-38(43)44)54-33-35(41)40(46)52-34(32-51-53(47,48)49)31-50-39(45)30-25-23-21-19-16-14-12-10-8-6-4-2/h10-13,17-18,20,22,24,28,34-37,42H,3-9,14-16,19,21,23,25-27,29-33,41H2,1-2H3,(H,43,44)(H2,47,48,49)/b12-10-,13-11-,18-17-,22-20+,28-24+/t34-,35+,36+,37-/m1/s1. The number of carboxylic acid groups (broad SMARTS) is 1. The highest BCUT2D eigenvalue weighted by molar-refractivity contribution is 8.00. The number of hydrogen-bond donors (Lipinski definition) is 5. The highest BCUT2D eigenvalue weighted by Gasteiger charge is 2.27. The fourth-order valence-corrected chi connectivity index (χ4v) is 6.38. The largest absolute Gasteiger partial charge is 0.481 e. The summed E-state index contributed by atoms with van der Waals surface area (Å²) in [5.74, 6) is -2.41. The van der Waals surface area contributed by atoms with Gasteiger partial charge in [-0.2, -0.15) is 0 Å². The van der Waals surface area contributed by atoms with Crippen LogP contribution in [0.4, 0.5) is 0 Å². The summed E-state index contributed by atoms with van der Waals surface area (Å²) in [5.41, 5.74) is 6.10. The fourth-order valence-electron chi connectivity index (χ4n) is 4.89. The van der Waals surface area contributed by atoms with Crippen LogP contribution in [0.1, 0.15) is 129 Å². The van der Waals surface area contributed by atoms with Crippen LogP contribution in [0, 0.1) is 0 Å². The van der Waals surface area contributed by atoms with Crippen LogP contribution in [0.5, 0.6) is 0 Å². The molecule has 0 heterocycles. The number of carbonyl (C=O) groups excluding carboxylic acids is 2. The van der Waals surface area contributed by atoms with Crippen molar-refractivity contribution in [3.05, 3.63) is 60.8 Å². The number of carboxylic acids is 1. The minimum absolute atomic E-state index is 0.000952. The average molecular weight is 802 g/mol. The number of unbranched alkanes of at least 4 members (excludes halogenated alkanes) is 10. The number of thioether (sulfide) groups is 1. The summed E-state index contributed by atoms with van der Waals surface area (Å²) in [4.78, 5) is 54.5. The van der Waals surface area contributed by atoms with Gasteiger partial charge < -0.3 is 35.2 Å². The third-order valence-corrected chi connectivity index (χ3v) is 9.90. The molecule has 14 heteroatoms. The van der Waals surface area contributed by atoms with Gasteiger partial charge in [0.15, 0.2) is 6.10 Å². The number of hydrogen-bond acceptors (Lipinski definition) is 10. The molecule has 0 radical (unpaired) electrons. The minimum Gasteiger partial charge on any atom is -0.481 e. The van der Waals surface area contributed by atoms with Crippen molar-refractivity contribution < 1.29 is 52.9 Å². The molecule has 0 aliphatic rings. The second kappa shape index (κ2) is 34.9. The average Bonchev–Trinajstić information content (AvgIpc) is 3.12. The van der Waals surface area contributed by atoms with Gasteiger partial charge in [-0.15, -0.1) is 11.8 Å². The Bertz CT molecular complexity index is 1180. The van der Waals surface area contributed by atoms with Crippen LogP contribution in [-0.2, 0) is 32.9 Å². The SMILES string of the molecule is CCCC/C=C\CCCCCCCC(=O)OC[C@H](COP(=O)(O)O)OC(=O)[C@@H](N)CS[C@H](/C=C/C=C/C=C\C/C=C\CCCCC)[C@@H](O)CCCC(=O)O. The van der Waals surface area contributed by atoms with E-state index in [4.69, 9.17) is 30.1 Å². The Morgan fingerprint density at radius 1 is 0.759 bits per heavy atom. The summed E-state index contributed by atoms with van der Waals surface area (Å²) < 4.78 is 26.4. The van der Waals surface area contributed by atoms with Gasteiger partial charge in [0.1, 0.15) is 12.6 Å². The summed E-state index contributed by atoms with van der Waals surface area (Å²) in [7, 11) is -4.91. The molecular formula is C40H68NO11PS. The number of rotatable bonds is 35. The lowest BCUT2D eigenvalue weighted by Gasteiger charge is -2.23. The molecule has 0 unspecified atom stereocenters. The van der Waals surface area contributed by atoms with Crippen LogP contribution < -0.4 is 5.73 Å². The van der Waals surface area contributed by atoms with Gasteiger partial charge in [0.05, 0.1) is 12.7 Å². The number of aliphatic carboxylic acids is 1. The number of esters is 2. The van der Waals surface area contributed by atoms with E-state index in [0.29, 0.717) is 6.42 Å². The van der Waals surface area contributed by atoms with E-state index >= 15 is 0 Å². The Hall–Kier alpha value is -2.51. The topological polar surface area (TPSA) is 203 Å². The molecule has 0 saturated carbocycles. The number of carbonyl (C=O) groups is 3. The van der Waals surface area contributed by atoms with E-state index in [1.807, 2.05) is 18.2 Å². The molecule has 54 heavy (non-hydrogen) atoms. The molecule has 310 valence electrons. The zero-order valence-corrected chi connectivity index (χ0v) is 34.2. The van der Waals surface area contributed by atoms with Gasteiger partial charge in [0.2, 0.25) is 0 Å². The first kappa shape index (κ1) is 51.5. The minimum atomic E-state index is -4.91. The van der Waals surface area contributed by atoms with E-state index in [-0.39, 0.29) is 31.4 Å². The molecule has 0 amide bonds. The maximum absolute atomic E-state index is 12.9. The number of aliphatic hydroxyl groups is 1. The Labute approximate surface area is 328 Å². The molecule has 0 aliphatic carbocycles. The number of phosphoric ester groups is 1. The Kier molecular flexibility index (Phi) is 33.3. The summed E-state index contributed by atoms with van der Waals surface area (Å²) in [6.07, 6.45) is 32.9. The monoisotopic (exact) mass is 801 g/mol. The summed E-state index contributed by atoms with van der Waals surface area (Å²) in [6, 6.07) is -1.20. The summed E-state index contributed by atoms with van der Waals surface area (Å²) in [5, 5.41) is 19.3. The van der Waals surface area contributed by atoms with Crippen LogP contribution in [0.3, 0.4) is 0 Å². The van der Waals surface area contributed by atoms with Crippen LogP contribution in [0.15, 0.2) is 60.8 Å². The van der Waals surface area contributed by atoms with E-state index in [0.717, 1.165) is 51.4 Å². The lowest BCUT2D eigenvalue weighted by atomic mass is 10.1. The Balaban J connectivity index is 5.03. The normalized spacial score (nSPS) is 14.8. The third-order valence-electron chi connectivity index (χ3n) is 8.01. The highest BCUT2D eigenvalue weighted by atomic mass is 32.2. The van der Waals surface area contributed by atoms with E-state index in [1.54, 1.807) is 18.2 Å². The molecule has 0 bridgehead atoms. The Morgan fingerprint density at radius 3 is 2.07 bits per heavy atom. The van der Waals surface area contributed by atoms with Crippen molar-refractivity contribution in [3.8, 4) is 0 Å². The van der Waals surface area contributed by atoms with E-state index < -0.39 is 62.4 Å². The number of aliphatic hydroxyl groups excluding tert-OH is 1. The van der Waals surface area contributed by atoms with Crippen LogP contribution in [0.2, 0.25) is 0 Å². The number of nitrogens with two attached hydrogens (primary N) is 1. The molecule has 0 rings (SSSR count). The number of allylic oxidation sites excluding steroid dienone is 9. The van der Waals surface area contributed by atoms with Crippen molar-refractivity contribution in [1.82, 2.24) is 0 Å². The quantitative estimate of drug-likeness (QED) is 0.0135. The lowest BCUT2D eigenvalue weighted by molar-refractivity contribution is -0.161. The van der Waals surface area contributed by atoms with Gasteiger partial charge in [0.25, 0.3) is 0 Å². The van der Waals surface area contributed by atoms with Crippen molar-refractivity contribution in [2.24, 2.45) is 5.73 Å². The molecule has 0 aromatic carbocycles. The lowest BCUT2D eigenvalue weighted by Crippen LogP contribution is -2.40. The van der Waals surface area contributed by atoms with Crippen LogP contribution >= 0.6 is 19.6 Å². The van der Waals surface area contributed by atoms with Gasteiger partial charge in [0, 0.05) is 23.8 Å². The molecular weight excluding hydrogens is 733 g/mol. The predicted molar refractivity (Wildman–Crippen MR) is 217 cm³/mol. The first-order valence-corrected chi connectivity index (χ1v) is 22.1. The smallest absolute Gasteiger partial charge is 0.469 e. The summed E-state index contributed by atoms with van der Waals surface area (Å²) >= 11 is 1.18. The first-order chi connectivity index (χ1) is 25.9. The van der Waals surface area contributed by atoms with Gasteiger partial charge in [-0.25, -0.2) is 4.57 Å². The molecule has 4 atom stereocenters. The van der Waals surface area contributed by atoms with Crippen molar-refractivity contribution in [2.45, 2.75) is 153 Å². The van der Waals surface area contributed by atoms with Gasteiger partial charge in [-0.05, 0) is 57.8 Å². The van der Waals surface area contributed by atoms with Gasteiger partial charge in [-0.3, -0.25) is 18.9 Å². The van der Waals surface area contributed by atoms with E-state index in [2.05, 4.69) is 42.7 Å². The van der Waals surface area contributed by atoms with Crippen molar-refractivity contribution in [2.75, 3.05) is 19.0 Å². The summed E-state index contributed by atoms with van der Waals surface area (Å²) in [6.45, 7) is 3.15. The molecule has 12 nitrogen and oxygen atoms in total. The molecule has 0 saturated heterocycles. The zero-order chi connectivity index (χ0) is 40.3. The van der Waals surface area contributed by atoms with Crippen molar-refractivity contribution in [1.29, 1.82) is 0 Å². The van der Waals surface area contributed by atoms with Crippen molar-refractivity contribution in [3.63, 3.8) is 0 Å². The molecule has 0 aliphatic heterocycles. The maximum Gasteiger partial charge on any atom is 0.469 e. The molecule has 0 aromatic heterocycles. The van der Waals surface area contributed by atoms with Gasteiger partial charge >= 0.3 is 25.7 Å². The van der Waals surface area contributed by atoms with Crippen molar-refractivity contribution >= 4 is 37.5 Å². The Morgan fingerprint density at radius 2 is 1.39 bits per heavy atom. The number of ether oxygens (including phenoxy) is 2. The van der Waals surface area contributed by atoms with Crippen LogP contribution in [-0.4, -0.2) is 80.4 Å². The van der Waals surface area contributed by atoms with E-state index in [9.17, 15) is 24.1 Å². The fraction of sp³-hybridized carbons (Fsp3) is 0.675. The predicted octanol–water partition coefficient (Wildman–Crippen LogP) is 8.27. The van der Waals surface area contributed by atoms with E-state index in [1.165, 1.54) is 43.9 Å². The van der Waals surface area contributed by atoms with Crippen LogP contribution in [0.25, 0.3) is 0 Å².